The van der Waals surface area contributed by atoms with Crippen LogP contribution >= 0.6 is 0 Å². The quantitative estimate of drug-likeness (QED) is 0.833. The average Bonchev–Trinajstić information content (AvgIpc) is 2.55. The molecule has 0 N–H and O–H groups in total. The van der Waals surface area contributed by atoms with Gasteiger partial charge >= 0.3 is 0 Å². The highest BCUT2D eigenvalue weighted by Gasteiger charge is 2.38. The highest BCUT2D eigenvalue weighted by Crippen LogP contribution is 2.22. The van der Waals surface area contributed by atoms with E-state index < -0.39 is 11.6 Å². The van der Waals surface area contributed by atoms with Gasteiger partial charge in [-0.2, -0.15) is 0 Å². The Balaban J connectivity index is 1.52. The number of carbonyl (C=O) groups excluding carboxylic acids is 2. The topological polar surface area (TPSA) is 43.9 Å². The Labute approximate surface area is 139 Å². The van der Waals surface area contributed by atoms with Crippen molar-refractivity contribution in [2.24, 2.45) is 5.92 Å². The lowest BCUT2D eigenvalue weighted by atomic mass is 9.96. The minimum Gasteiger partial charge on any atom is -0.340 e. The van der Waals surface area contributed by atoms with Crippen LogP contribution in [0.5, 0.6) is 0 Å². The van der Waals surface area contributed by atoms with Crippen molar-refractivity contribution in [1.82, 2.24) is 14.7 Å². The van der Waals surface area contributed by atoms with E-state index >= 15 is 0 Å². The predicted molar refractivity (Wildman–Crippen MR) is 84.4 cm³/mol. The Morgan fingerprint density at radius 3 is 2.29 bits per heavy atom. The van der Waals surface area contributed by atoms with Gasteiger partial charge in [-0.1, -0.05) is 6.92 Å². The van der Waals surface area contributed by atoms with Crippen LogP contribution in [-0.4, -0.2) is 72.3 Å². The molecule has 130 valence electrons. The molecule has 2 aliphatic rings. The van der Waals surface area contributed by atoms with Gasteiger partial charge in [0.15, 0.2) is 11.6 Å². The van der Waals surface area contributed by atoms with E-state index in [1.165, 1.54) is 11.0 Å². The molecule has 7 heteroatoms. The molecule has 2 fully saturated rings. The van der Waals surface area contributed by atoms with E-state index in [0.29, 0.717) is 13.1 Å². The summed E-state index contributed by atoms with van der Waals surface area (Å²) in [7, 11) is 0. The molecule has 3 rings (SSSR count). The Morgan fingerprint density at radius 1 is 1.04 bits per heavy atom. The van der Waals surface area contributed by atoms with Crippen molar-refractivity contribution < 1.29 is 18.4 Å². The molecule has 24 heavy (non-hydrogen) atoms. The molecule has 0 aliphatic carbocycles. The molecule has 0 spiro atoms. The van der Waals surface area contributed by atoms with Gasteiger partial charge in [-0.3, -0.25) is 9.59 Å². The Kier molecular flexibility index (Phi) is 4.80. The van der Waals surface area contributed by atoms with Crippen LogP contribution < -0.4 is 0 Å². The molecule has 5 nitrogen and oxygen atoms in total. The largest absolute Gasteiger partial charge is 0.340 e. The number of carbonyl (C=O) groups is 2. The van der Waals surface area contributed by atoms with E-state index in [1.807, 2.05) is 4.90 Å². The summed E-state index contributed by atoms with van der Waals surface area (Å²) < 4.78 is 26.2. The number of hydrogen-bond donors (Lipinski definition) is 0. The summed E-state index contributed by atoms with van der Waals surface area (Å²) >= 11 is 0. The zero-order valence-electron chi connectivity index (χ0n) is 13.7. The summed E-state index contributed by atoms with van der Waals surface area (Å²) in [5, 5.41) is 0. The van der Waals surface area contributed by atoms with Gasteiger partial charge in [0, 0.05) is 44.8 Å². The van der Waals surface area contributed by atoms with Crippen molar-refractivity contribution in [3.05, 3.63) is 35.4 Å². The van der Waals surface area contributed by atoms with Crippen molar-refractivity contribution in [2.75, 3.05) is 45.8 Å². The highest BCUT2D eigenvalue weighted by atomic mass is 19.2. The SMILES string of the molecule is CCN1CCN(C(=O)C2CN(C(=O)c3ccc(F)c(F)c3)C2)CC1. The van der Waals surface area contributed by atoms with Crippen LogP contribution in [0.1, 0.15) is 17.3 Å². The van der Waals surface area contributed by atoms with Gasteiger partial charge in [-0.25, -0.2) is 8.78 Å². The van der Waals surface area contributed by atoms with E-state index in [1.54, 1.807) is 0 Å². The Bertz CT molecular complexity index is 639. The lowest BCUT2D eigenvalue weighted by Crippen LogP contribution is -2.59. The summed E-state index contributed by atoms with van der Waals surface area (Å²) in [5.74, 6) is -2.49. The molecule has 2 aliphatic heterocycles. The van der Waals surface area contributed by atoms with E-state index in [9.17, 15) is 18.4 Å². The fraction of sp³-hybridized carbons (Fsp3) is 0.529. The van der Waals surface area contributed by atoms with Gasteiger partial charge in [0.05, 0.1) is 5.92 Å². The van der Waals surface area contributed by atoms with Crippen molar-refractivity contribution >= 4 is 11.8 Å². The van der Waals surface area contributed by atoms with Gasteiger partial charge in [-0.15, -0.1) is 0 Å². The van der Waals surface area contributed by atoms with Crippen LogP contribution in [0, 0.1) is 17.6 Å². The molecule has 1 aromatic rings. The third-order valence-electron chi connectivity index (χ3n) is 4.82. The number of nitrogens with zero attached hydrogens (tertiary/aromatic N) is 3. The molecule has 2 amide bonds. The monoisotopic (exact) mass is 337 g/mol. The molecule has 1 aromatic carbocycles. The number of likely N-dealkylation sites (tertiary alicyclic amines) is 1. The normalized spacial score (nSPS) is 19.3. The van der Waals surface area contributed by atoms with Gasteiger partial charge < -0.3 is 14.7 Å². The minimum absolute atomic E-state index is 0.0834. The maximum atomic E-state index is 13.2. The van der Waals surface area contributed by atoms with Crippen LogP contribution in [0.3, 0.4) is 0 Å². The van der Waals surface area contributed by atoms with E-state index in [0.717, 1.165) is 44.9 Å². The second-order valence-electron chi connectivity index (χ2n) is 6.30. The summed E-state index contributed by atoms with van der Waals surface area (Å²) in [6, 6.07) is 3.11. The van der Waals surface area contributed by atoms with Gasteiger partial charge in [0.2, 0.25) is 5.91 Å². The number of likely N-dealkylation sites (N-methyl/N-ethyl adjacent to an activating group) is 1. The van der Waals surface area contributed by atoms with Crippen molar-refractivity contribution in [1.29, 1.82) is 0 Å². The van der Waals surface area contributed by atoms with Crippen LogP contribution in [0.4, 0.5) is 8.78 Å². The summed E-state index contributed by atoms with van der Waals surface area (Å²) in [6.07, 6.45) is 0. The first kappa shape index (κ1) is 16.8. The number of hydrogen-bond acceptors (Lipinski definition) is 3. The van der Waals surface area contributed by atoms with Crippen LogP contribution in [0.15, 0.2) is 18.2 Å². The summed E-state index contributed by atoms with van der Waals surface area (Å²) in [5.41, 5.74) is 0.108. The summed E-state index contributed by atoms with van der Waals surface area (Å²) in [6.45, 7) is 6.97. The third kappa shape index (κ3) is 3.26. The smallest absolute Gasteiger partial charge is 0.254 e. The van der Waals surface area contributed by atoms with Crippen molar-refractivity contribution in [3.63, 3.8) is 0 Å². The lowest BCUT2D eigenvalue weighted by molar-refractivity contribution is -0.141. The first-order chi connectivity index (χ1) is 11.5. The summed E-state index contributed by atoms with van der Waals surface area (Å²) in [4.78, 5) is 30.3. The molecule has 0 bridgehead atoms. The predicted octanol–water partition coefficient (Wildman–Crippen LogP) is 1.20. The standard InChI is InChI=1S/C17H21F2N3O2/c1-2-20-5-7-21(8-6-20)17(24)13-10-22(11-13)16(23)12-3-4-14(18)15(19)9-12/h3-4,9,13H,2,5-8,10-11H2,1H3. The molecule has 2 heterocycles. The van der Waals surface area contributed by atoms with Crippen LogP contribution in [0.25, 0.3) is 0 Å². The molecule has 2 saturated heterocycles. The fourth-order valence-electron chi connectivity index (χ4n) is 3.16. The molecule has 0 radical (unpaired) electrons. The number of piperazine rings is 1. The van der Waals surface area contributed by atoms with E-state index in [2.05, 4.69) is 11.8 Å². The molecule has 0 aromatic heterocycles. The zero-order valence-corrected chi connectivity index (χ0v) is 13.7. The number of amides is 2. The maximum Gasteiger partial charge on any atom is 0.254 e. The number of halogens is 2. The van der Waals surface area contributed by atoms with Crippen molar-refractivity contribution in [3.8, 4) is 0 Å². The lowest BCUT2D eigenvalue weighted by Gasteiger charge is -2.42. The molecule has 0 saturated carbocycles. The van der Waals surface area contributed by atoms with Gasteiger partial charge in [0.1, 0.15) is 0 Å². The third-order valence-corrected chi connectivity index (χ3v) is 4.82. The Morgan fingerprint density at radius 2 is 1.71 bits per heavy atom. The average molecular weight is 337 g/mol. The molecular formula is C17H21F2N3O2. The number of benzene rings is 1. The molecule has 0 atom stereocenters. The fourth-order valence-corrected chi connectivity index (χ4v) is 3.16. The maximum absolute atomic E-state index is 13.2. The zero-order chi connectivity index (χ0) is 17.3. The minimum atomic E-state index is -1.04. The second-order valence-corrected chi connectivity index (χ2v) is 6.30. The second kappa shape index (κ2) is 6.84. The van der Waals surface area contributed by atoms with E-state index in [4.69, 9.17) is 0 Å². The Hall–Kier alpha value is -2.02. The van der Waals surface area contributed by atoms with Crippen molar-refractivity contribution in [2.45, 2.75) is 6.92 Å². The van der Waals surface area contributed by atoms with E-state index in [-0.39, 0.29) is 23.3 Å². The van der Waals surface area contributed by atoms with Crippen LogP contribution in [-0.2, 0) is 4.79 Å². The van der Waals surface area contributed by atoms with Gasteiger partial charge in [0.25, 0.3) is 5.91 Å². The first-order valence-corrected chi connectivity index (χ1v) is 8.25. The highest BCUT2D eigenvalue weighted by molar-refractivity contribution is 5.96. The first-order valence-electron chi connectivity index (χ1n) is 8.25. The van der Waals surface area contributed by atoms with Crippen LogP contribution in [0.2, 0.25) is 0 Å². The number of rotatable bonds is 3. The molecule has 0 unspecified atom stereocenters. The molecular weight excluding hydrogens is 316 g/mol. The van der Waals surface area contributed by atoms with Gasteiger partial charge in [-0.05, 0) is 24.7 Å².